The number of hydrogen-bond donors (Lipinski definition) is 0. The Labute approximate surface area is 153 Å². The van der Waals surface area contributed by atoms with Gasteiger partial charge in [-0.05, 0) is 49.1 Å². The van der Waals surface area contributed by atoms with Gasteiger partial charge in [-0.15, -0.1) is 0 Å². The average molecular weight is 350 g/mol. The first-order valence-corrected chi connectivity index (χ1v) is 9.07. The lowest BCUT2D eigenvalue weighted by Crippen LogP contribution is -2.36. The van der Waals surface area contributed by atoms with Crippen LogP contribution < -0.4 is 14.5 Å². The van der Waals surface area contributed by atoms with Gasteiger partial charge in [-0.25, -0.2) is 0 Å². The third-order valence-electron chi connectivity index (χ3n) is 5.12. The van der Waals surface area contributed by atoms with Gasteiger partial charge in [0.1, 0.15) is 5.75 Å². The highest BCUT2D eigenvalue weighted by Gasteiger charge is 2.28. The molecule has 2 amide bonds. The van der Waals surface area contributed by atoms with Crippen molar-refractivity contribution in [3.05, 3.63) is 53.6 Å². The minimum Gasteiger partial charge on any atom is -0.495 e. The second-order valence-corrected chi connectivity index (χ2v) is 6.73. The van der Waals surface area contributed by atoms with Crippen LogP contribution in [0, 0.1) is 0 Å². The van der Waals surface area contributed by atoms with Crippen LogP contribution in [0.4, 0.5) is 11.4 Å². The Morgan fingerprint density at radius 2 is 1.85 bits per heavy atom. The molecule has 5 heteroatoms. The molecule has 2 aromatic rings. The number of ether oxygens (including phenoxy) is 1. The van der Waals surface area contributed by atoms with Crippen molar-refractivity contribution in [1.29, 1.82) is 0 Å². The number of benzene rings is 2. The van der Waals surface area contributed by atoms with E-state index in [4.69, 9.17) is 4.74 Å². The molecule has 1 fully saturated rings. The van der Waals surface area contributed by atoms with Gasteiger partial charge in [-0.1, -0.05) is 18.2 Å². The van der Waals surface area contributed by atoms with Gasteiger partial charge in [0, 0.05) is 30.8 Å². The van der Waals surface area contributed by atoms with Crippen LogP contribution in [-0.2, 0) is 11.2 Å². The van der Waals surface area contributed by atoms with Crippen LogP contribution in [0.5, 0.6) is 5.75 Å². The van der Waals surface area contributed by atoms with Crippen LogP contribution in [0.3, 0.4) is 0 Å². The smallest absolute Gasteiger partial charge is 0.258 e. The average Bonchev–Trinajstić information content (AvgIpc) is 3.12. The highest BCUT2D eigenvalue weighted by molar-refractivity contribution is 6.08. The van der Waals surface area contributed by atoms with Crippen molar-refractivity contribution < 1.29 is 14.3 Å². The number of aryl methyl sites for hydroxylation is 1. The lowest BCUT2D eigenvalue weighted by Gasteiger charge is -2.31. The van der Waals surface area contributed by atoms with Crippen molar-refractivity contribution in [2.24, 2.45) is 0 Å². The fourth-order valence-electron chi connectivity index (χ4n) is 3.87. The Bertz CT molecular complexity index is 848. The summed E-state index contributed by atoms with van der Waals surface area (Å²) < 4.78 is 5.50. The molecule has 5 nitrogen and oxygen atoms in total. The Hall–Kier alpha value is -2.82. The summed E-state index contributed by atoms with van der Waals surface area (Å²) in [7, 11) is 1.63. The first-order valence-electron chi connectivity index (χ1n) is 9.07. The first-order chi connectivity index (χ1) is 12.7. The molecular weight excluding hydrogens is 328 g/mol. The zero-order valence-corrected chi connectivity index (χ0v) is 14.9. The molecule has 4 rings (SSSR count). The Morgan fingerprint density at radius 3 is 2.62 bits per heavy atom. The summed E-state index contributed by atoms with van der Waals surface area (Å²) in [5, 5.41) is 0. The predicted molar refractivity (Wildman–Crippen MR) is 101 cm³/mol. The number of fused-ring (bicyclic) bond motifs is 1. The third kappa shape index (κ3) is 2.83. The summed E-state index contributed by atoms with van der Waals surface area (Å²) in [6, 6.07) is 13.3. The number of methoxy groups -OCH3 is 1. The van der Waals surface area contributed by atoms with Crippen LogP contribution in [0.2, 0.25) is 0 Å². The van der Waals surface area contributed by atoms with E-state index >= 15 is 0 Å². The number of anilines is 2. The van der Waals surface area contributed by atoms with E-state index in [2.05, 4.69) is 6.07 Å². The van der Waals surface area contributed by atoms with Crippen molar-refractivity contribution in [1.82, 2.24) is 0 Å². The summed E-state index contributed by atoms with van der Waals surface area (Å²) in [6.07, 6.45) is 3.32. The number of nitrogens with zero attached hydrogens (tertiary/aromatic N) is 2. The van der Waals surface area contributed by atoms with Gasteiger partial charge < -0.3 is 14.5 Å². The van der Waals surface area contributed by atoms with Crippen LogP contribution in [0.1, 0.15) is 35.2 Å². The Balaban J connectivity index is 1.69. The number of amides is 2. The highest BCUT2D eigenvalue weighted by Crippen LogP contribution is 2.37. The highest BCUT2D eigenvalue weighted by atomic mass is 16.5. The van der Waals surface area contributed by atoms with Gasteiger partial charge in [-0.2, -0.15) is 0 Å². The van der Waals surface area contributed by atoms with E-state index in [1.165, 1.54) is 0 Å². The molecule has 2 aromatic carbocycles. The van der Waals surface area contributed by atoms with E-state index in [9.17, 15) is 9.59 Å². The quantitative estimate of drug-likeness (QED) is 0.852. The molecule has 0 bridgehead atoms. The lowest BCUT2D eigenvalue weighted by atomic mass is 10.00. The zero-order chi connectivity index (χ0) is 18.1. The summed E-state index contributed by atoms with van der Waals surface area (Å²) in [4.78, 5) is 28.8. The summed E-state index contributed by atoms with van der Waals surface area (Å²) in [5.41, 5.74) is 3.40. The number of para-hydroxylation sites is 1. The minimum atomic E-state index is -0.0519. The van der Waals surface area contributed by atoms with Crippen molar-refractivity contribution >= 4 is 23.2 Å². The summed E-state index contributed by atoms with van der Waals surface area (Å²) in [5.74, 6) is 0.796. The van der Waals surface area contributed by atoms with Gasteiger partial charge in [0.05, 0.1) is 12.8 Å². The van der Waals surface area contributed by atoms with E-state index in [0.717, 1.165) is 48.5 Å². The van der Waals surface area contributed by atoms with Crippen LogP contribution in [0.25, 0.3) is 0 Å². The van der Waals surface area contributed by atoms with Gasteiger partial charge in [-0.3, -0.25) is 9.59 Å². The standard InChI is InChI=1S/C21H22N2O3/c1-26-18-10-3-6-15-8-4-13-23(20(15)18)21(25)16-7-2-9-17(14-16)22-12-5-11-19(22)24/h2-3,6-7,9-10,14H,4-5,8,11-13H2,1H3. The summed E-state index contributed by atoms with van der Waals surface area (Å²) in [6.45, 7) is 1.38. The van der Waals surface area contributed by atoms with E-state index in [1.54, 1.807) is 12.0 Å². The molecule has 1 saturated heterocycles. The molecule has 26 heavy (non-hydrogen) atoms. The van der Waals surface area contributed by atoms with E-state index in [0.29, 0.717) is 18.5 Å². The summed E-state index contributed by atoms with van der Waals surface area (Å²) >= 11 is 0. The largest absolute Gasteiger partial charge is 0.495 e. The predicted octanol–water partition coefficient (Wildman–Crippen LogP) is 3.42. The SMILES string of the molecule is COc1cccc2c1N(C(=O)c1cccc(N3CCCC3=O)c1)CCC2. The maximum absolute atomic E-state index is 13.2. The van der Waals surface area contributed by atoms with Crippen molar-refractivity contribution in [3.8, 4) is 5.75 Å². The molecule has 0 N–H and O–H groups in total. The van der Waals surface area contributed by atoms with E-state index < -0.39 is 0 Å². The normalized spacial score (nSPS) is 16.6. The molecule has 2 aliphatic heterocycles. The molecule has 0 spiro atoms. The van der Waals surface area contributed by atoms with Gasteiger partial charge in [0.15, 0.2) is 0 Å². The Morgan fingerprint density at radius 1 is 1.04 bits per heavy atom. The van der Waals surface area contributed by atoms with Crippen molar-refractivity contribution in [3.63, 3.8) is 0 Å². The number of carbonyl (C=O) groups is 2. The maximum atomic E-state index is 13.2. The number of carbonyl (C=O) groups excluding carboxylic acids is 2. The topological polar surface area (TPSA) is 49.9 Å². The minimum absolute atomic E-state index is 0.0519. The number of rotatable bonds is 3. The lowest BCUT2D eigenvalue weighted by molar-refractivity contribution is -0.117. The fraction of sp³-hybridized carbons (Fsp3) is 0.333. The molecule has 0 unspecified atom stereocenters. The second kappa shape index (κ2) is 6.83. The molecule has 0 aliphatic carbocycles. The van der Waals surface area contributed by atoms with E-state index in [-0.39, 0.29) is 11.8 Å². The van der Waals surface area contributed by atoms with Crippen LogP contribution in [0.15, 0.2) is 42.5 Å². The molecular formula is C21H22N2O3. The van der Waals surface area contributed by atoms with Gasteiger partial charge in [0.2, 0.25) is 5.91 Å². The van der Waals surface area contributed by atoms with Crippen molar-refractivity contribution in [2.75, 3.05) is 30.0 Å². The maximum Gasteiger partial charge on any atom is 0.258 e. The second-order valence-electron chi connectivity index (χ2n) is 6.73. The first kappa shape index (κ1) is 16.6. The zero-order valence-electron chi connectivity index (χ0n) is 14.9. The molecule has 0 aromatic heterocycles. The van der Waals surface area contributed by atoms with Crippen LogP contribution in [-0.4, -0.2) is 32.0 Å². The van der Waals surface area contributed by atoms with Crippen molar-refractivity contribution in [2.45, 2.75) is 25.7 Å². The fourth-order valence-corrected chi connectivity index (χ4v) is 3.87. The molecule has 2 aliphatic rings. The monoisotopic (exact) mass is 350 g/mol. The van der Waals surface area contributed by atoms with Gasteiger partial charge in [0.25, 0.3) is 5.91 Å². The molecule has 0 radical (unpaired) electrons. The number of hydrogen-bond acceptors (Lipinski definition) is 3. The van der Waals surface area contributed by atoms with E-state index in [1.807, 2.05) is 41.3 Å². The molecule has 134 valence electrons. The van der Waals surface area contributed by atoms with Crippen LogP contribution >= 0.6 is 0 Å². The third-order valence-corrected chi connectivity index (χ3v) is 5.12. The Kier molecular flexibility index (Phi) is 4.37. The molecule has 0 saturated carbocycles. The molecule has 0 atom stereocenters. The van der Waals surface area contributed by atoms with Gasteiger partial charge >= 0.3 is 0 Å². The molecule has 2 heterocycles.